The number of hydrogen-bond donors (Lipinski definition) is 1. The molecule has 8 heteroatoms. The predicted molar refractivity (Wildman–Crippen MR) is 84.1 cm³/mol. The molecule has 1 aromatic rings. The smallest absolute Gasteiger partial charge is 0.323 e. The van der Waals surface area contributed by atoms with Gasteiger partial charge in [-0.05, 0) is 0 Å². The molecule has 1 aliphatic rings. The zero-order valence-electron chi connectivity index (χ0n) is 13.1. The fraction of sp³-hybridized carbons (Fsp3) is 0.375. The van der Waals surface area contributed by atoms with Gasteiger partial charge >= 0.3 is 11.9 Å². The van der Waals surface area contributed by atoms with Gasteiger partial charge in [0.1, 0.15) is 11.4 Å². The van der Waals surface area contributed by atoms with E-state index in [1.165, 1.54) is 19.2 Å². The van der Waals surface area contributed by atoms with Crippen LogP contribution in [0.25, 0.3) is 0 Å². The van der Waals surface area contributed by atoms with Crippen molar-refractivity contribution >= 4 is 35.1 Å². The van der Waals surface area contributed by atoms with Gasteiger partial charge in [0.05, 0.1) is 26.7 Å². The highest BCUT2D eigenvalue weighted by Gasteiger charge is 2.42. The molecule has 3 atom stereocenters. The summed E-state index contributed by atoms with van der Waals surface area (Å²) in [5, 5.41) is 1.47. The lowest BCUT2D eigenvalue weighted by Crippen LogP contribution is -2.56. The molecular weight excluding hydrogens is 338 g/mol. The lowest BCUT2D eigenvalue weighted by Gasteiger charge is -2.30. The summed E-state index contributed by atoms with van der Waals surface area (Å²) in [5.74, 6) is -2.28. The third-order valence-electron chi connectivity index (χ3n) is 3.75. The molecular formula is C16H16ClNO6. The number of ether oxygens (including phenoxy) is 2. The number of hydrogen-bond acceptors (Lipinski definition) is 7. The Balaban J connectivity index is 2.29. The number of carbonyl (C=O) groups excluding carboxylic acids is 4. The van der Waals surface area contributed by atoms with E-state index < -0.39 is 41.0 Å². The summed E-state index contributed by atoms with van der Waals surface area (Å²) in [5.41, 5.74) is 0.460. The first-order valence-corrected chi connectivity index (χ1v) is 7.56. The van der Waals surface area contributed by atoms with Gasteiger partial charge in [-0.3, -0.25) is 24.5 Å². The normalized spacial score (nSPS) is 21.0. The second kappa shape index (κ2) is 7.55. The number of halogens is 1. The number of methoxy groups -OCH3 is 2. The predicted octanol–water partition coefficient (Wildman–Crippen LogP) is 0.736. The Morgan fingerprint density at radius 1 is 1.12 bits per heavy atom. The number of benzene rings is 1. The molecule has 0 radical (unpaired) electrons. The number of Topliss-reactive ketones (excluding diaryl/α,β-unsaturated/α-hetero) is 2. The molecule has 0 spiro atoms. The molecule has 2 rings (SSSR count). The molecule has 0 fully saturated rings. The minimum Gasteiger partial charge on any atom is -0.469 e. The van der Waals surface area contributed by atoms with E-state index in [0.29, 0.717) is 0 Å². The first kappa shape index (κ1) is 18.1. The van der Waals surface area contributed by atoms with E-state index in [2.05, 4.69) is 14.8 Å². The van der Waals surface area contributed by atoms with E-state index in [4.69, 9.17) is 11.6 Å². The second-order valence-electron chi connectivity index (χ2n) is 5.18. The minimum atomic E-state index is -1.20. The highest BCUT2D eigenvalue weighted by atomic mass is 35.5. The maximum atomic E-state index is 12.6. The molecule has 0 bridgehead atoms. The van der Waals surface area contributed by atoms with Crippen LogP contribution >= 0.6 is 11.6 Å². The van der Waals surface area contributed by atoms with Crippen molar-refractivity contribution < 1.29 is 28.7 Å². The monoisotopic (exact) mass is 353 g/mol. The summed E-state index contributed by atoms with van der Waals surface area (Å²) in [4.78, 5) is 48.2. The summed E-state index contributed by atoms with van der Waals surface area (Å²) >= 11 is 6.12. The number of rotatable bonds is 5. The van der Waals surface area contributed by atoms with E-state index in [0.717, 1.165) is 7.11 Å². The van der Waals surface area contributed by atoms with Crippen molar-refractivity contribution in [2.75, 3.05) is 14.2 Å². The maximum absolute atomic E-state index is 12.6. The number of ketones is 2. The molecule has 0 aliphatic heterocycles. The Labute approximate surface area is 143 Å². The van der Waals surface area contributed by atoms with Crippen LogP contribution in [0.4, 0.5) is 0 Å². The largest absolute Gasteiger partial charge is 0.469 e. The van der Waals surface area contributed by atoms with Crippen LogP contribution in [0.2, 0.25) is 0 Å². The average Bonchev–Trinajstić information content (AvgIpc) is 2.61. The van der Waals surface area contributed by atoms with E-state index >= 15 is 0 Å². The highest BCUT2D eigenvalue weighted by Crippen LogP contribution is 2.25. The Morgan fingerprint density at radius 2 is 1.71 bits per heavy atom. The van der Waals surface area contributed by atoms with Gasteiger partial charge in [0, 0.05) is 11.1 Å². The number of alkyl halides is 1. The highest BCUT2D eigenvalue weighted by molar-refractivity contribution is 6.39. The molecule has 24 heavy (non-hydrogen) atoms. The zero-order valence-corrected chi connectivity index (χ0v) is 13.8. The molecule has 0 amide bonds. The first-order chi connectivity index (χ1) is 11.4. The average molecular weight is 354 g/mol. The van der Waals surface area contributed by atoms with Gasteiger partial charge < -0.3 is 9.47 Å². The zero-order chi connectivity index (χ0) is 17.9. The standard InChI is InChI=1S/C16H16ClNO6/c1-23-11(19)7-10(16(22)24-2)18-13-12(17)14(20)8-5-3-4-6-9(8)15(13)21/h3-6,10,12-13,18H,7H2,1-2H3/t10-,12-,13-/m1/s1. The second-order valence-corrected chi connectivity index (χ2v) is 5.65. The molecule has 1 aliphatic carbocycles. The molecule has 128 valence electrons. The van der Waals surface area contributed by atoms with Crippen LogP contribution in [0.15, 0.2) is 24.3 Å². The van der Waals surface area contributed by atoms with Crippen LogP contribution < -0.4 is 5.32 Å². The Bertz CT molecular complexity index is 689. The summed E-state index contributed by atoms with van der Waals surface area (Å²) in [7, 11) is 2.32. The van der Waals surface area contributed by atoms with E-state index in [9.17, 15) is 19.2 Å². The fourth-order valence-corrected chi connectivity index (χ4v) is 2.80. The van der Waals surface area contributed by atoms with Crippen molar-refractivity contribution in [3.8, 4) is 0 Å². The molecule has 0 aromatic heterocycles. The minimum absolute atomic E-state index is 0.221. The van der Waals surface area contributed by atoms with Crippen LogP contribution in [0.1, 0.15) is 27.1 Å². The number of fused-ring (bicyclic) bond motifs is 1. The quantitative estimate of drug-likeness (QED) is 0.615. The van der Waals surface area contributed by atoms with Crippen LogP contribution in [-0.4, -0.2) is 55.2 Å². The fourth-order valence-electron chi connectivity index (χ4n) is 2.49. The first-order valence-electron chi connectivity index (χ1n) is 7.13. The van der Waals surface area contributed by atoms with Gasteiger partial charge in [0.25, 0.3) is 0 Å². The van der Waals surface area contributed by atoms with Gasteiger partial charge in [-0.25, -0.2) is 0 Å². The van der Waals surface area contributed by atoms with E-state index in [1.54, 1.807) is 12.1 Å². The Kier molecular flexibility index (Phi) is 5.69. The van der Waals surface area contributed by atoms with Crippen LogP contribution in [0.3, 0.4) is 0 Å². The molecule has 7 nitrogen and oxygen atoms in total. The van der Waals surface area contributed by atoms with Gasteiger partial charge in [0.2, 0.25) is 0 Å². The number of nitrogens with one attached hydrogen (secondary N) is 1. The summed E-state index contributed by atoms with van der Waals surface area (Å²) < 4.78 is 9.14. The molecule has 1 N–H and O–H groups in total. The summed E-state index contributed by atoms with van der Waals surface area (Å²) in [6.07, 6.45) is -0.355. The summed E-state index contributed by atoms with van der Waals surface area (Å²) in [6.45, 7) is 0. The lowest BCUT2D eigenvalue weighted by atomic mass is 9.85. The van der Waals surface area contributed by atoms with E-state index in [-0.39, 0.29) is 17.5 Å². The SMILES string of the molecule is COC(=O)C[C@@H](N[C@H]1C(=O)c2ccccc2C(=O)[C@@H]1Cl)C(=O)OC. The summed E-state index contributed by atoms with van der Waals surface area (Å²) in [6, 6.07) is 3.99. The van der Waals surface area contributed by atoms with Crippen LogP contribution in [0, 0.1) is 0 Å². The van der Waals surface area contributed by atoms with Gasteiger partial charge in [0.15, 0.2) is 11.6 Å². The third-order valence-corrected chi connectivity index (χ3v) is 4.20. The van der Waals surface area contributed by atoms with Gasteiger partial charge in [-0.1, -0.05) is 24.3 Å². The molecule has 0 heterocycles. The van der Waals surface area contributed by atoms with Crippen LogP contribution in [-0.2, 0) is 19.1 Å². The Morgan fingerprint density at radius 3 is 2.25 bits per heavy atom. The lowest BCUT2D eigenvalue weighted by molar-refractivity contribution is -0.149. The molecule has 1 aromatic carbocycles. The van der Waals surface area contributed by atoms with Crippen molar-refractivity contribution in [3.63, 3.8) is 0 Å². The maximum Gasteiger partial charge on any atom is 0.323 e. The third kappa shape index (κ3) is 3.47. The van der Waals surface area contributed by atoms with E-state index in [1.807, 2.05) is 0 Å². The topological polar surface area (TPSA) is 98.8 Å². The van der Waals surface area contributed by atoms with Crippen molar-refractivity contribution in [2.24, 2.45) is 0 Å². The molecule has 0 saturated carbocycles. The number of carbonyl (C=O) groups is 4. The number of esters is 2. The Hall–Kier alpha value is -2.25. The van der Waals surface area contributed by atoms with Gasteiger partial charge in [-0.2, -0.15) is 0 Å². The van der Waals surface area contributed by atoms with Crippen LogP contribution in [0.5, 0.6) is 0 Å². The molecule has 0 saturated heterocycles. The van der Waals surface area contributed by atoms with Crippen molar-refractivity contribution in [2.45, 2.75) is 23.9 Å². The van der Waals surface area contributed by atoms with Crippen molar-refractivity contribution in [1.29, 1.82) is 0 Å². The van der Waals surface area contributed by atoms with Gasteiger partial charge in [-0.15, -0.1) is 11.6 Å². The molecule has 0 unspecified atom stereocenters. The van der Waals surface area contributed by atoms with Crippen molar-refractivity contribution in [1.82, 2.24) is 5.32 Å². The van der Waals surface area contributed by atoms with Crippen molar-refractivity contribution in [3.05, 3.63) is 35.4 Å².